The summed E-state index contributed by atoms with van der Waals surface area (Å²) in [4.78, 5) is 2.05. The lowest BCUT2D eigenvalue weighted by molar-refractivity contribution is 1.07. The molecule has 1 aliphatic carbocycles. The number of aryl methyl sites for hydroxylation is 1. The van der Waals surface area contributed by atoms with E-state index in [0.29, 0.717) is 0 Å². The van der Waals surface area contributed by atoms with Gasteiger partial charge in [0.1, 0.15) is 17.7 Å². The van der Waals surface area contributed by atoms with E-state index in [-0.39, 0.29) is 5.57 Å². The molecular weight excluding hydrogens is 210 g/mol. The van der Waals surface area contributed by atoms with E-state index >= 15 is 0 Å². The van der Waals surface area contributed by atoms with Crippen LogP contribution in [0.3, 0.4) is 0 Å². The summed E-state index contributed by atoms with van der Waals surface area (Å²) in [6.07, 6.45) is 1.71. The predicted molar refractivity (Wildman–Crippen MR) is 67.2 cm³/mol. The second-order valence-electron chi connectivity index (χ2n) is 4.31. The van der Waals surface area contributed by atoms with E-state index in [4.69, 9.17) is 10.5 Å². The van der Waals surface area contributed by atoms with E-state index in [1.54, 1.807) is 0 Å². The molecule has 0 aliphatic heterocycles. The molecule has 0 heterocycles. The van der Waals surface area contributed by atoms with Gasteiger partial charge in [-0.05, 0) is 41.7 Å². The lowest BCUT2D eigenvalue weighted by Gasteiger charge is -2.13. The van der Waals surface area contributed by atoms with Crippen molar-refractivity contribution < 1.29 is 0 Å². The molecule has 1 aliphatic rings. The number of hydrogen-bond donors (Lipinski definition) is 0. The summed E-state index contributed by atoms with van der Waals surface area (Å²) in [5.74, 6) is 0. The van der Waals surface area contributed by atoms with Crippen molar-refractivity contribution in [3.05, 3.63) is 34.9 Å². The molecule has 0 N–H and O–H groups in total. The van der Waals surface area contributed by atoms with Gasteiger partial charge in [0.2, 0.25) is 0 Å². The normalized spacial score (nSPS) is 12.6. The molecule has 84 valence electrons. The van der Waals surface area contributed by atoms with E-state index in [1.807, 2.05) is 38.4 Å². The van der Waals surface area contributed by atoms with Gasteiger partial charge in [-0.15, -0.1) is 0 Å². The van der Waals surface area contributed by atoms with Gasteiger partial charge in [-0.3, -0.25) is 0 Å². The van der Waals surface area contributed by atoms with E-state index in [1.165, 1.54) is 5.56 Å². The molecule has 0 spiro atoms. The predicted octanol–water partition coefficient (Wildman–Crippen LogP) is 2.50. The third-order valence-corrected chi connectivity index (χ3v) is 3.10. The van der Waals surface area contributed by atoms with Crippen molar-refractivity contribution in [2.45, 2.75) is 12.8 Å². The summed E-state index contributed by atoms with van der Waals surface area (Å²) in [5.41, 5.74) is 4.60. The maximum atomic E-state index is 8.92. The van der Waals surface area contributed by atoms with Crippen molar-refractivity contribution in [2.75, 3.05) is 19.0 Å². The Morgan fingerprint density at radius 3 is 2.47 bits per heavy atom. The minimum Gasteiger partial charge on any atom is -0.378 e. The van der Waals surface area contributed by atoms with Crippen LogP contribution < -0.4 is 4.90 Å². The number of benzene rings is 1. The average molecular weight is 223 g/mol. The highest BCUT2D eigenvalue weighted by atomic mass is 15.1. The molecule has 0 atom stereocenters. The summed E-state index contributed by atoms with van der Waals surface area (Å²) in [7, 11) is 4.01. The largest absolute Gasteiger partial charge is 0.378 e. The minimum absolute atomic E-state index is 0.251. The van der Waals surface area contributed by atoms with Crippen molar-refractivity contribution in [2.24, 2.45) is 0 Å². The summed E-state index contributed by atoms with van der Waals surface area (Å²) in [6.45, 7) is 0. The fraction of sp³-hybridized carbons (Fsp3) is 0.286. The summed E-state index contributed by atoms with van der Waals surface area (Å²) >= 11 is 0. The number of hydrogen-bond acceptors (Lipinski definition) is 3. The van der Waals surface area contributed by atoms with Crippen molar-refractivity contribution in [1.29, 1.82) is 10.5 Å². The Morgan fingerprint density at radius 2 is 1.88 bits per heavy atom. The van der Waals surface area contributed by atoms with Crippen LogP contribution in [0.2, 0.25) is 0 Å². The van der Waals surface area contributed by atoms with Crippen LogP contribution in [0.1, 0.15) is 17.5 Å². The van der Waals surface area contributed by atoms with E-state index in [9.17, 15) is 0 Å². The van der Waals surface area contributed by atoms with Crippen LogP contribution in [-0.4, -0.2) is 14.1 Å². The molecule has 0 aromatic heterocycles. The Labute approximate surface area is 101 Å². The van der Waals surface area contributed by atoms with Crippen molar-refractivity contribution in [3.63, 3.8) is 0 Å². The molecule has 17 heavy (non-hydrogen) atoms. The van der Waals surface area contributed by atoms with Crippen LogP contribution >= 0.6 is 0 Å². The zero-order valence-corrected chi connectivity index (χ0v) is 9.99. The number of anilines is 1. The summed E-state index contributed by atoms with van der Waals surface area (Å²) < 4.78 is 0. The molecular formula is C14H13N3. The zero-order chi connectivity index (χ0) is 12.4. The van der Waals surface area contributed by atoms with Gasteiger partial charge in [0.15, 0.2) is 0 Å². The maximum absolute atomic E-state index is 8.92. The van der Waals surface area contributed by atoms with E-state index < -0.39 is 0 Å². The second-order valence-corrected chi connectivity index (χ2v) is 4.31. The first kappa shape index (κ1) is 11.2. The van der Waals surface area contributed by atoms with Gasteiger partial charge in [0.25, 0.3) is 0 Å². The van der Waals surface area contributed by atoms with E-state index in [2.05, 4.69) is 11.0 Å². The van der Waals surface area contributed by atoms with E-state index in [0.717, 1.165) is 29.7 Å². The SMILES string of the molecule is CN(C)c1ccc2c(c1)CCC2=C(C#N)C#N. The first-order valence-electron chi connectivity index (χ1n) is 5.51. The number of allylic oxidation sites excluding steroid dienone is 2. The summed E-state index contributed by atoms with van der Waals surface area (Å²) in [6, 6.07) is 10.1. The molecule has 0 saturated heterocycles. The first-order chi connectivity index (χ1) is 8.17. The molecule has 0 bridgehead atoms. The lowest BCUT2D eigenvalue weighted by Crippen LogP contribution is -2.08. The van der Waals surface area contributed by atoms with Gasteiger partial charge in [0, 0.05) is 19.8 Å². The second kappa shape index (κ2) is 4.31. The maximum Gasteiger partial charge on any atom is 0.133 e. The van der Waals surface area contributed by atoms with Crippen LogP contribution in [0.25, 0.3) is 5.57 Å². The van der Waals surface area contributed by atoms with Gasteiger partial charge in [-0.25, -0.2) is 0 Å². The number of nitrogens with zero attached hydrogens (tertiary/aromatic N) is 3. The van der Waals surface area contributed by atoms with Crippen LogP contribution in [0.4, 0.5) is 5.69 Å². The van der Waals surface area contributed by atoms with Crippen LogP contribution in [0.5, 0.6) is 0 Å². The molecule has 0 unspecified atom stereocenters. The van der Waals surface area contributed by atoms with Crippen LogP contribution in [-0.2, 0) is 6.42 Å². The number of nitriles is 2. The van der Waals surface area contributed by atoms with Crippen LogP contribution in [0, 0.1) is 22.7 Å². The third-order valence-electron chi connectivity index (χ3n) is 3.10. The molecule has 1 aromatic carbocycles. The van der Waals surface area contributed by atoms with Crippen molar-refractivity contribution in [3.8, 4) is 12.1 Å². The fourth-order valence-corrected chi connectivity index (χ4v) is 2.17. The standard InChI is InChI=1S/C14H13N3/c1-17(2)12-4-6-13-10(7-12)3-5-14(13)11(8-15)9-16/h4,6-7H,3,5H2,1-2H3. The molecule has 0 radical (unpaired) electrons. The van der Waals surface area contributed by atoms with Crippen LogP contribution in [0.15, 0.2) is 23.8 Å². The summed E-state index contributed by atoms with van der Waals surface area (Å²) in [5, 5.41) is 17.8. The molecule has 0 fully saturated rings. The Morgan fingerprint density at radius 1 is 1.18 bits per heavy atom. The van der Waals surface area contributed by atoms with Gasteiger partial charge in [0.05, 0.1) is 0 Å². The molecule has 2 rings (SSSR count). The van der Waals surface area contributed by atoms with Gasteiger partial charge in [-0.2, -0.15) is 10.5 Å². The molecule has 3 heteroatoms. The van der Waals surface area contributed by atoms with Crippen molar-refractivity contribution in [1.82, 2.24) is 0 Å². The third kappa shape index (κ3) is 1.88. The Hall–Kier alpha value is -2.26. The van der Waals surface area contributed by atoms with Gasteiger partial charge < -0.3 is 4.90 Å². The highest BCUT2D eigenvalue weighted by Crippen LogP contribution is 2.36. The number of rotatable bonds is 1. The topological polar surface area (TPSA) is 50.8 Å². The first-order valence-corrected chi connectivity index (χ1v) is 5.51. The van der Waals surface area contributed by atoms with Gasteiger partial charge in [-0.1, -0.05) is 6.07 Å². The molecule has 3 nitrogen and oxygen atoms in total. The Bertz CT molecular complexity index is 552. The molecule has 0 saturated carbocycles. The molecule has 0 amide bonds. The fourth-order valence-electron chi connectivity index (χ4n) is 2.17. The van der Waals surface area contributed by atoms with Gasteiger partial charge >= 0.3 is 0 Å². The zero-order valence-electron chi connectivity index (χ0n) is 9.99. The smallest absolute Gasteiger partial charge is 0.133 e. The highest BCUT2D eigenvalue weighted by molar-refractivity contribution is 5.81. The highest BCUT2D eigenvalue weighted by Gasteiger charge is 2.20. The number of fused-ring (bicyclic) bond motifs is 1. The monoisotopic (exact) mass is 223 g/mol. The lowest BCUT2D eigenvalue weighted by atomic mass is 10.0. The minimum atomic E-state index is 0.251. The average Bonchev–Trinajstić information content (AvgIpc) is 2.74. The van der Waals surface area contributed by atoms with Crippen molar-refractivity contribution >= 4 is 11.3 Å². The Balaban J connectivity index is 2.53. The quantitative estimate of drug-likeness (QED) is 0.687. The Kier molecular flexibility index (Phi) is 2.85. The molecule has 1 aromatic rings.